The largest absolute Gasteiger partial charge is 0.307 e. The molecule has 6 nitrogen and oxygen atoms in total. The molecule has 0 radical (unpaired) electrons. The number of benzene rings is 1. The first-order valence-electron chi connectivity index (χ1n) is 6.85. The zero-order chi connectivity index (χ0) is 15.8. The average Bonchev–Trinajstić information content (AvgIpc) is 3.08. The second kappa shape index (κ2) is 5.60. The number of aryl methyl sites for hydroxylation is 1. The number of thiazole rings is 1. The molecule has 0 saturated heterocycles. The number of nitrogens with zero attached hydrogens (tertiary/aromatic N) is 5. The molecular formula is C15H11ClN6S. The topological polar surface area (TPSA) is 68.0 Å². The molecule has 0 fully saturated rings. The molecule has 0 aliphatic heterocycles. The van der Waals surface area contributed by atoms with E-state index in [9.17, 15) is 0 Å². The van der Waals surface area contributed by atoms with Gasteiger partial charge in [-0.25, -0.2) is 14.5 Å². The lowest BCUT2D eigenvalue weighted by molar-refractivity contribution is 0.985. The lowest BCUT2D eigenvalue weighted by Gasteiger charge is -2.01. The van der Waals surface area contributed by atoms with Gasteiger partial charge in [-0.05, 0) is 19.1 Å². The van der Waals surface area contributed by atoms with Crippen molar-refractivity contribution in [2.45, 2.75) is 6.92 Å². The minimum absolute atomic E-state index is 0.505. The summed E-state index contributed by atoms with van der Waals surface area (Å²) < 4.78 is 1.81. The van der Waals surface area contributed by atoms with Crippen molar-refractivity contribution in [3.05, 3.63) is 52.8 Å². The molecule has 23 heavy (non-hydrogen) atoms. The van der Waals surface area contributed by atoms with Crippen LogP contribution in [0.2, 0.25) is 5.02 Å². The third kappa shape index (κ3) is 2.76. The summed E-state index contributed by atoms with van der Waals surface area (Å²) in [6, 6.07) is 9.49. The Morgan fingerprint density at radius 1 is 1.17 bits per heavy atom. The molecule has 0 bridgehead atoms. The maximum atomic E-state index is 5.94. The quantitative estimate of drug-likeness (QED) is 0.610. The Labute approximate surface area is 140 Å². The molecule has 0 amide bonds. The Kier molecular flexibility index (Phi) is 3.44. The average molecular weight is 343 g/mol. The lowest BCUT2D eigenvalue weighted by Crippen LogP contribution is -1.97. The van der Waals surface area contributed by atoms with E-state index in [1.54, 1.807) is 0 Å². The van der Waals surface area contributed by atoms with Crippen molar-refractivity contribution in [2.75, 3.05) is 5.32 Å². The first-order chi connectivity index (χ1) is 11.2. The Morgan fingerprint density at radius 3 is 2.78 bits per heavy atom. The number of halogens is 1. The van der Waals surface area contributed by atoms with Crippen LogP contribution in [0.5, 0.6) is 0 Å². The molecule has 114 valence electrons. The third-order valence-electron chi connectivity index (χ3n) is 3.27. The highest BCUT2D eigenvalue weighted by Crippen LogP contribution is 2.27. The van der Waals surface area contributed by atoms with Gasteiger partial charge in [-0.15, -0.1) is 16.4 Å². The van der Waals surface area contributed by atoms with Gasteiger partial charge in [0.15, 0.2) is 0 Å². The van der Waals surface area contributed by atoms with Crippen molar-refractivity contribution in [2.24, 2.45) is 0 Å². The number of aromatic nitrogens is 5. The fourth-order valence-electron chi connectivity index (χ4n) is 2.19. The van der Waals surface area contributed by atoms with Crippen LogP contribution in [0.25, 0.3) is 16.2 Å². The van der Waals surface area contributed by atoms with Gasteiger partial charge in [0.05, 0.1) is 5.69 Å². The Bertz CT molecular complexity index is 975. The summed E-state index contributed by atoms with van der Waals surface area (Å²) in [4.78, 5) is 13.5. The van der Waals surface area contributed by atoms with Gasteiger partial charge >= 0.3 is 0 Å². The maximum Gasteiger partial charge on any atom is 0.249 e. The van der Waals surface area contributed by atoms with E-state index in [0.29, 0.717) is 16.8 Å². The number of hydrogen-bond donors (Lipinski definition) is 1. The van der Waals surface area contributed by atoms with Gasteiger partial charge in [0.2, 0.25) is 10.9 Å². The van der Waals surface area contributed by atoms with Crippen LogP contribution in [-0.4, -0.2) is 24.6 Å². The fourth-order valence-corrected chi connectivity index (χ4v) is 3.15. The van der Waals surface area contributed by atoms with Crippen molar-refractivity contribution in [1.29, 1.82) is 0 Å². The molecular weight excluding hydrogens is 332 g/mol. The Morgan fingerprint density at radius 2 is 2.00 bits per heavy atom. The zero-order valence-electron chi connectivity index (χ0n) is 12.1. The predicted octanol–water partition coefficient (Wildman–Crippen LogP) is 3.95. The number of rotatable bonds is 3. The minimum Gasteiger partial charge on any atom is -0.307 e. The Balaban J connectivity index is 1.70. The molecule has 0 saturated carbocycles. The molecule has 1 aromatic carbocycles. The van der Waals surface area contributed by atoms with E-state index in [1.807, 2.05) is 47.2 Å². The van der Waals surface area contributed by atoms with Crippen LogP contribution < -0.4 is 5.32 Å². The van der Waals surface area contributed by atoms with Crippen molar-refractivity contribution in [3.63, 3.8) is 0 Å². The van der Waals surface area contributed by atoms with Gasteiger partial charge < -0.3 is 5.32 Å². The zero-order valence-corrected chi connectivity index (χ0v) is 13.6. The van der Waals surface area contributed by atoms with E-state index in [1.165, 1.54) is 17.7 Å². The second-order valence-corrected chi connectivity index (χ2v) is 6.20. The monoisotopic (exact) mass is 342 g/mol. The van der Waals surface area contributed by atoms with Crippen molar-refractivity contribution in [3.8, 4) is 11.3 Å². The summed E-state index contributed by atoms with van der Waals surface area (Å²) in [6.45, 7) is 1.91. The summed E-state index contributed by atoms with van der Waals surface area (Å²) in [5.41, 5.74) is 2.89. The number of hydrogen-bond acceptors (Lipinski definition) is 6. The van der Waals surface area contributed by atoms with Crippen molar-refractivity contribution in [1.82, 2.24) is 24.6 Å². The first kappa shape index (κ1) is 14.1. The number of nitrogens with one attached hydrogen (secondary N) is 1. The van der Waals surface area contributed by atoms with Gasteiger partial charge in [0.25, 0.3) is 0 Å². The van der Waals surface area contributed by atoms with E-state index in [0.717, 1.165) is 21.9 Å². The van der Waals surface area contributed by atoms with Gasteiger partial charge in [-0.1, -0.05) is 23.7 Å². The van der Waals surface area contributed by atoms with Crippen LogP contribution >= 0.6 is 22.9 Å². The summed E-state index contributed by atoms with van der Waals surface area (Å²) in [7, 11) is 0. The molecule has 8 heteroatoms. The van der Waals surface area contributed by atoms with Gasteiger partial charge in [0.1, 0.15) is 12.1 Å². The minimum atomic E-state index is 0.505. The smallest absolute Gasteiger partial charge is 0.249 e. The second-order valence-electron chi connectivity index (χ2n) is 4.93. The van der Waals surface area contributed by atoms with Crippen LogP contribution in [0.1, 0.15) is 5.69 Å². The summed E-state index contributed by atoms with van der Waals surface area (Å²) in [5.74, 6) is 1.17. The molecule has 4 rings (SSSR count). The molecule has 0 aliphatic carbocycles. The Hall–Kier alpha value is -2.51. The normalized spacial score (nSPS) is 11.0. The number of anilines is 2. The van der Waals surface area contributed by atoms with Crippen LogP contribution in [-0.2, 0) is 0 Å². The number of fused-ring (bicyclic) bond motifs is 1. The molecule has 4 aromatic rings. The molecule has 3 heterocycles. The standard InChI is InChI=1S/C15H11ClN6S/c1-9-6-13(18-8-17-9)19-14-20-15-22(21-14)12(7-23-15)10-2-4-11(16)5-3-10/h2-8H,1H3,(H,17,18,19,21). The van der Waals surface area contributed by atoms with Crippen LogP contribution in [0.3, 0.4) is 0 Å². The maximum absolute atomic E-state index is 5.94. The molecule has 1 N–H and O–H groups in total. The van der Waals surface area contributed by atoms with Crippen molar-refractivity contribution >= 4 is 39.7 Å². The van der Waals surface area contributed by atoms with E-state index in [4.69, 9.17) is 11.6 Å². The van der Waals surface area contributed by atoms with E-state index in [2.05, 4.69) is 25.4 Å². The van der Waals surface area contributed by atoms with Crippen LogP contribution in [0.4, 0.5) is 11.8 Å². The van der Waals surface area contributed by atoms with Gasteiger partial charge in [-0.3, -0.25) is 0 Å². The highest BCUT2D eigenvalue weighted by molar-refractivity contribution is 7.15. The summed E-state index contributed by atoms with van der Waals surface area (Å²) in [5, 5.41) is 10.3. The predicted molar refractivity (Wildman–Crippen MR) is 91.4 cm³/mol. The molecule has 0 unspecified atom stereocenters. The van der Waals surface area contributed by atoms with E-state index < -0.39 is 0 Å². The first-order valence-corrected chi connectivity index (χ1v) is 8.11. The molecule has 3 aromatic heterocycles. The molecule has 0 atom stereocenters. The van der Waals surface area contributed by atoms with Gasteiger partial charge in [-0.2, -0.15) is 4.98 Å². The molecule has 0 spiro atoms. The summed E-state index contributed by atoms with van der Waals surface area (Å²) >= 11 is 7.48. The highest BCUT2D eigenvalue weighted by Gasteiger charge is 2.12. The molecule has 0 aliphatic rings. The van der Waals surface area contributed by atoms with Crippen molar-refractivity contribution < 1.29 is 0 Å². The SMILES string of the molecule is Cc1cc(Nc2nc3scc(-c4ccc(Cl)cc4)n3n2)ncn1. The summed E-state index contributed by atoms with van der Waals surface area (Å²) in [6.07, 6.45) is 1.51. The van der Waals surface area contributed by atoms with Gasteiger partial charge in [0, 0.05) is 27.7 Å². The lowest BCUT2D eigenvalue weighted by atomic mass is 10.2. The van der Waals surface area contributed by atoms with Crippen LogP contribution in [0, 0.1) is 6.92 Å². The fraction of sp³-hybridized carbons (Fsp3) is 0.0667. The van der Waals surface area contributed by atoms with Crippen LogP contribution in [0.15, 0.2) is 42.0 Å². The van der Waals surface area contributed by atoms with E-state index >= 15 is 0 Å². The van der Waals surface area contributed by atoms with E-state index in [-0.39, 0.29) is 0 Å². The highest BCUT2D eigenvalue weighted by atomic mass is 35.5. The third-order valence-corrected chi connectivity index (χ3v) is 4.33.